The molecule has 6 heteroatoms. The van der Waals surface area contributed by atoms with Crippen LogP contribution in [0.1, 0.15) is 42.5 Å². The standard InChI is InChI=1S/C20H24ClN3O2/c21-16-7-5-15(6-8-16)19-18(11-22-26-19)20(25)23-17-9-10-24(13-17)12-14-3-1-2-4-14/h5-8,11,14,17H,1-4,9-10,12-13H2,(H,23,25). The van der Waals surface area contributed by atoms with Gasteiger partial charge in [-0.25, -0.2) is 0 Å². The Labute approximate surface area is 158 Å². The molecule has 2 aliphatic rings. The Morgan fingerprint density at radius 3 is 2.77 bits per heavy atom. The van der Waals surface area contributed by atoms with Crippen molar-refractivity contribution >= 4 is 17.5 Å². The molecule has 1 saturated heterocycles. The van der Waals surface area contributed by atoms with Crippen molar-refractivity contribution < 1.29 is 9.32 Å². The third-order valence-corrected chi connectivity index (χ3v) is 5.77. The maximum Gasteiger partial charge on any atom is 0.257 e. The minimum absolute atomic E-state index is 0.121. The summed E-state index contributed by atoms with van der Waals surface area (Å²) in [6.45, 7) is 3.18. The first-order chi connectivity index (χ1) is 12.7. The highest BCUT2D eigenvalue weighted by atomic mass is 35.5. The number of carbonyl (C=O) groups is 1. The van der Waals surface area contributed by atoms with Crippen LogP contribution in [0.25, 0.3) is 11.3 Å². The Kier molecular flexibility index (Phi) is 5.27. The Morgan fingerprint density at radius 1 is 1.23 bits per heavy atom. The summed E-state index contributed by atoms with van der Waals surface area (Å²) >= 11 is 5.93. The van der Waals surface area contributed by atoms with Gasteiger partial charge < -0.3 is 14.7 Å². The van der Waals surface area contributed by atoms with Crippen molar-refractivity contribution in [3.63, 3.8) is 0 Å². The molecular formula is C20H24ClN3O2. The van der Waals surface area contributed by atoms with Crippen molar-refractivity contribution in [3.05, 3.63) is 41.0 Å². The SMILES string of the molecule is O=C(NC1CCN(CC2CCCC2)C1)c1cnoc1-c1ccc(Cl)cc1. The zero-order valence-corrected chi connectivity index (χ0v) is 15.5. The van der Waals surface area contributed by atoms with E-state index >= 15 is 0 Å². The maximum absolute atomic E-state index is 12.7. The van der Waals surface area contributed by atoms with Gasteiger partial charge in [0.2, 0.25) is 0 Å². The average molecular weight is 374 g/mol. The van der Waals surface area contributed by atoms with Crippen molar-refractivity contribution in [2.24, 2.45) is 5.92 Å². The topological polar surface area (TPSA) is 58.4 Å². The second-order valence-electron chi connectivity index (χ2n) is 7.44. The maximum atomic E-state index is 12.7. The quantitative estimate of drug-likeness (QED) is 0.860. The lowest BCUT2D eigenvalue weighted by atomic mass is 10.1. The molecule has 1 atom stereocenters. The number of rotatable bonds is 5. The van der Waals surface area contributed by atoms with E-state index in [0.29, 0.717) is 16.3 Å². The van der Waals surface area contributed by atoms with E-state index in [2.05, 4.69) is 15.4 Å². The Hall–Kier alpha value is -1.85. The number of hydrogen-bond acceptors (Lipinski definition) is 4. The molecule has 1 N–H and O–H groups in total. The van der Waals surface area contributed by atoms with Gasteiger partial charge in [-0.05, 0) is 49.4 Å². The van der Waals surface area contributed by atoms with Crippen molar-refractivity contribution in [2.45, 2.75) is 38.1 Å². The summed E-state index contributed by atoms with van der Waals surface area (Å²) in [5.41, 5.74) is 1.27. The first kappa shape index (κ1) is 17.6. The largest absolute Gasteiger partial charge is 0.355 e. The number of halogens is 1. The third kappa shape index (κ3) is 3.94. The first-order valence-electron chi connectivity index (χ1n) is 9.43. The molecule has 138 valence electrons. The average Bonchev–Trinajstić information content (AvgIpc) is 3.38. The highest BCUT2D eigenvalue weighted by molar-refractivity contribution is 6.30. The van der Waals surface area contributed by atoms with E-state index in [1.165, 1.54) is 38.4 Å². The van der Waals surface area contributed by atoms with Gasteiger partial charge in [-0.2, -0.15) is 0 Å². The van der Waals surface area contributed by atoms with Crippen molar-refractivity contribution in [1.29, 1.82) is 0 Å². The molecule has 2 heterocycles. The van der Waals surface area contributed by atoms with Gasteiger partial charge in [-0.1, -0.05) is 29.6 Å². The predicted molar refractivity (Wildman–Crippen MR) is 101 cm³/mol. The number of nitrogens with zero attached hydrogens (tertiary/aromatic N) is 2. The van der Waals surface area contributed by atoms with E-state index in [-0.39, 0.29) is 11.9 Å². The number of hydrogen-bond donors (Lipinski definition) is 1. The molecule has 2 fully saturated rings. The van der Waals surface area contributed by atoms with Gasteiger partial charge in [-0.15, -0.1) is 0 Å². The van der Waals surface area contributed by atoms with Crippen LogP contribution in [-0.4, -0.2) is 41.6 Å². The molecule has 1 aromatic carbocycles. The lowest BCUT2D eigenvalue weighted by Gasteiger charge is -2.20. The minimum Gasteiger partial charge on any atom is -0.355 e. The molecule has 0 radical (unpaired) electrons. The Balaban J connectivity index is 1.37. The zero-order chi connectivity index (χ0) is 17.9. The van der Waals surface area contributed by atoms with E-state index in [0.717, 1.165) is 31.0 Å². The number of aromatic nitrogens is 1. The van der Waals surface area contributed by atoms with Gasteiger partial charge >= 0.3 is 0 Å². The van der Waals surface area contributed by atoms with Crippen molar-refractivity contribution in [1.82, 2.24) is 15.4 Å². The third-order valence-electron chi connectivity index (χ3n) is 5.52. The molecule has 1 aliphatic carbocycles. The Bertz CT molecular complexity index is 753. The number of likely N-dealkylation sites (tertiary alicyclic amines) is 1. The lowest BCUT2D eigenvalue weighted by molar-refractivity contribution is 0.0937. The molecule has 26 heavy (non-hydrogen) atoms. The zero-order valence-electron chi connectivity index (χ0n) is 14.8. The molecule has 0 bridgehead atoms. The molecule has 4 rings (SSSR count). The van der Waals surface area contributed by atoms with Crippen LogP contribution in [0.4, 0.5) is 0 Å². The van der Waals surface area contributed by atoms with E-state index in [4.69, 9.17) is 16.1 Å². The number of carbonyl (C=O) groups excluding carboxylic acids is 1. The molecule has 1 saturated carbocycles. The van der Waals surface area contributed by atoms with Crippen LogP contribution < -0.4 is 5.32 Å². The first-order valence-corrected chi connectivity index (χ1v) is 9.80. The van der Waals surface area contributed by atoms with Gasteiger partial charge in [0.15, 0.2) is 5.76 Å². The number of amides is 1. The summed E-state index contributed by atoms with van der Waals surface area (Å²) in [5, 5.41) is 7.62. The lowest BCUT2D eigenvalue weighted by Crippen LogP contribution is -2.37. The van der Waals surface area contributed by atoms with Gasteiger partial charge in [0.05, 0.1) is 6.20 Å². The van der Waals surface area contributed by atoms with E-state index < -0.39 is 0 Å². The van der Waals surface area contributed by atoms with Crippen LogP contribution in [0.3, 0.4) is 0 Å². The molecule has 1 amide bonds. The van der Waals surface area contributed by atoms with E-state index in [9.17, 15) is 4.79 Å². The Morgan fingerprint density at radius 2 is 2.00 bits per heavy atom. The normalized spacial score (nSPS) is 21.3. The summed E-state index contributed by atoms with van der Waals surface area (Å²) in [7, 11) is 0. The monoisotopic (exact) mass is 373 g/mol. The van der Waals surface area contributed by atoms with Crippen LogP contribution in [0, 0.1) is 5.92 Å². The van der Waals surface area contributed by atoms with Crippen molar-refractivity contribution in [3.8, 4) is 11.3 Å². The second kappa shape index (κ2) is 7.80. The van der Waals surface area contributed by atoms with Crippen molar-refractivity contribution in [2.75, 3.05) is 19.6 Å². The fourth-order valence-corrected chi connectivity index (χ4v) is 4.27. The summed E-state index contributed by atoms with van der Waals surface area (Å²) in [5.74, 6) is 1.21. The summed E-state index contributed by atoms with van der Waals surface area (Å²) < 4.78 is 5.32. The number of benzene rings is 1. The number of nitrogens with one attached hydrogen (secondary N) is 1. The highest BCUT2D eigenvalue weighted by Crippen LogP contribution is 2.27. The predicted octanol–water partition coefficient (Wildman–Crippen LogP) is 3.99. The van der Waals surface area contributed by atoms with Gasteiger partial charge in [0, 0.05) is 36.3 Å². The van der Waals surface area contributed by atoms with Crippen LogP contribution in [-0.2, 0) is 0 Å². The molecule has 1 aliphatic heterocycles. The summed E-state index contributed by atoms with van der Waals surface area (Å²) in [6, 6.07) is 7.41. The smallest absolute Gasteiger partial charge is 0.257 e. The van der Waals surface area contributed by atoms with E-state index in [1.54, 1.807) is 12.1 Å². The summed E-state index contributed by atoms with van der Waals surface area (Å²) in [6.07, 6.45) is 7.96. The molecule has 1 unspecified atom stereocenters. The minimum atomic E-state index is -0.121. The fraction of sp³-hybridized carbons (Fsp3) is 0.500. The van der Waals surface area contributed by atoms with E-state index in [1.807, 2.05) is 12.1 Å². The van der Waals surface area contributed by atoms with Gasteiger partial charge in [0.25, 0.3) is 5.91 Å². The molecule has 2 aromatic rings. The molecular weight excluding hydrogens is 350 g/mol. The van der Waals surface area contributed by atoms with Crippen LogP contribution in [0.15, 0.2) is 35.0 Å². The fourth-order valence-electron chi connectivity index (χ4n) is 4.15. The van der Waals surface area contributed by atoms with Crippen LogP contribution >= 0.6 is 11.6 Å². The highest BCUT2D eigenvalue weighted by Gasteiger charge is 2.28. The van der Waals surface area contributed by atoms with Gasteiger partial charge in [-0.3, -0.25) is 4.79 Å². The molecule has 5 nitrogen and oxygen atoms in total. The van der Waals surface area contributed by atoms with Crippen LogP contribution in [0.5, 0.6) is 0 Å². The molecule has 0 spiro atoms. The van der Waals surface area contributed by atoms with Crippen LogP contribution in [0.2, 0.25) is 5.02 Å². The summed E-state index contributed by atoms with van der Waals surface area (Å²) in [4.78, 5) is 15.2. The molecule has 1 aromatic heterocycles. The van der Waals surface area contributed by atoms with Gasteiger partial charge in [0.1, 0.15) is 5.56 Å². The second-order valence-corrected chi connectivity index (χ2v) is 7.88.